The summed E-state index contributed by atoms with van der Waals surface area (Å²) < 4.78 is 5.42. The molecule has 1 heterocycles. The van der Waals surface area contributed by atoms with Gasteiger partial charge in [-0.3, -0.25) is 4.79 Å². The van der Waals surface area contributed by atoms with Crippen molar-refractivity contribution in [3.05, 3.63) is 46.3 Å². The summed E-state index contributed by atoms with van der Waals surface area (Å²) in [6, 6.07) is 7.29. The van der Waals surface area contributed by atoms with Crippen molar-refractivity contribution in [2.75, 3.05) is 0 Å². The molecule has 1 aromatic carbocycles. The summed E-state index contributed by atoms with van der Waals surface area (Å²) in [5, 5.41) is 0.705. The van der Waals surface area contributed by atoms with Gasteiger partial charge >= 0.3 is 0 Å². The Kier molecular flexibility index (Phi) is 1.51. The van der Waals surface area contributed by atoms with Gasteiger partial charge in [-0.1, -0.05) is 12.1 Å². The third kappa shape index (κ3) is 1.07. The fraction of sp³-hybridized carbons (Fsp3) is 0.250. The smallest absolute Gasteiger partial charge is 0.192 e. The van der Waals surface area contributed by atoms with Crippen LogP contribution in [-0.2, 0) is 0 Å². The number of fused-ring (bicyclic) bond motifs is 1. The standard InChI is InChI=1S/C12H10O2/c13-11-6-7-14-12-9(8-4-5-8)2-1-3-10(11)12/h1-3,6-8H,4-5H2. The molecule has 1 aliphatic carbocycles. The minimum Gasteiger partial charge on any atom is -0.464 e. The Morgan fingerprint density at radius 1 is 1.21 bits per heavy atom. The van der Waals surface area contributed by atoms with Gasteiger partial charge in [-0.25, -0.2) is 0 Å². The van der Waals surface area contributed by atoms with E-state index in [0.29, 0.717) is 11.3 Å². The van der Waals surface area contributed by atoms with Crippen LogP contribution < -0.4 is 5.43 Å². The van der Waals surface area contributed by atoms with Gasteiger partial charge in [-0.15, -0.1) is 0 Å². The van der Waals surface area contributed by atoms with E-state index in [0.717, 1.165) is 5.58 Å². The van der Waals surface area contributed by atoms with Gasteiger partial charge in [-0.2, -0.15) is 0 Å². The van der Waals surface area contributed by atoms with E-state index < -0.39 is 0 Å². The summed E-state index contributed by atoms with van der Waals surface area (Å²) in [5.74, 6) is 0.615. The van der Waals surface area contributed by atoms with Gasteiger partial charge in [0.1, 0.15) is 5.58 Å². The summed E-state index contributed by atoms with van der Waals surface area (Å²) >= 11 is 0. The molecule has 14 heavy (non-hydrogen) atoms. The zero-order valence-corrected chi connectivity index (χ0v) is 7.69. The molecule has 0 radical (unpaired) electrons. The number of hydrogen-bond donors (Lipinski definition) is 0. The van der Waals surface area contributed by atoms with Crippen molar-refractivity contribution in [1.82, 2.24) is 0 Å². The first-order chi connectivity index (χ1) is 6.86. The zero-order chi connectivity index (χ0) is 9.54. The molecular formula is C12H10O2. The molecule has 0 unspecified atom stereocenters. The maximum atomic E-state index is 11.5. The van der Waals surface area contributed by atoms with Crippen LogP contribution in [0.1, 0.15) is 24.3 Å². The lowest BCUT2D eigenvalue weighted by Crippen LogP contribution is -1.99. The van der Waals surface area contributed by atoms with Crippen LogP contribution in [0.4, 0.5) is 0 Å². The average Bonchev–Trinajstić information content (AvgIpc) is 3.01. The molecule has 70 valence electrons. The molecule has 1 fully saturated rings. The molecule has 1 saturated carbocycles. The van der Waals surface area contributed by atoms with E-state index in [2.05, 4.69) is 6.07 Å². The lowest BCUT2D eigenvalue weighted by molar-refractivity contribution is 0.598. The molecule has 0 N–H and O–H groups in total. The van der Waals surface area contributed by atoms with E-state index in [4.69, 9.17) is 4.42 Å². The van der Waals surface area contributed by atoms with Crippen molar-refractivity contribution in [2.24, 2.45) is 0 Å². The molecule has 0 bridgehead atoms. The van der Waals surface area contributed by atoms with Crippen molar-refractivity contribution in [3.8, 4) is 0 Å². The molecule has 0 spiro atoms. The third-order valence-electron chi connectivity index (χ3n) is 2.73. The summed E-state index contributed by atoms with van der Waals surface area (Å²) in [5.41, 5.74) is 2.02. The van der Waals surface area contributed by atoms with Crippen molar-refractivity contribution in [1.29, 1.82) is 0 Å². The van der Waals surface area contributed by atoms with Gasteiger partial charge in [-0.05, 0) is 30.4 Å². The highest BCUT2D eigenvalue weighted by Gasteiger charge is 2.26. The van der Waals surface area contributed by atoms with Crippen LogP contribution in [0.2, 0.25) is 0 Å². The maximum absolute atomic E-state index is 11.5. The second-order valence-corrected chi connectivity index (χ2v) is 3.78. The lowest BCUT2D eigenvalue weighted by Gasteiger charge is -2.01. The van der Waals surface area contributed by atoms with E-state index >= 15 is 0 Å². The fourth-order valence-corrected chi connectivity index (χ4v) is 1.85. The highest BCUT2D eigenvalue weighted by Crippen LogP contribution is 2.42. The Morgan fingerprint density at radius 2 is 2.07 bits per heavy atom. The largest absolute Gasteiger partial charge is 0.464 e. The van der Waals surface area contributed by atoms with Gasteiger partial charge in [0.05, 0.1) is 11.6 Å². The van der Waals surface area contributed by atoms with E-state index in [1.807, 2.05) is 12.1 Å². The second-order valence-electron chi connectivity index (χ2n) is 3.78. The van der Waals surface area contributed by atoms with Crippen LogP contribution >= 0.6 is 0 Å². The van der Waals surface area contributed by atoms with Crippen molar-refractivity contribution in [2.45, 2.75) is 18.8 Å². The molecular weight excluding hydrogens is 176 g/mol. The van der Waals surface area contributed by atoms with E-state index in [1.165, 1.54) is 30.7 Å². The van der Waals surface area contributed by atoms with E-state index in [9.17, 15) is 4.79 Å². The average molecular weight is 186 g/mol. The monoisotopic (exact) mass is 186 g/mol. The predicted octanol–water partition coefficient (Wildman–Crippen LogP) is 2.67. The molecule has 3 rings (SSSR count). The summed E-state index contributed by atoms with van der Waals surface area (Å²) in [4.78, 5) is 11.5. The predicted molar refractivity (Wildman–Crippen MR) is 54.5 cm³/mol. The van der Waals surface area contributed by atoms with Crippen LogP contribution in [-0.4, -0.2) is 0 Å². The Morgan fingerprint density at radius 3 is 2.86 bits per heavy atom. The van der Waals surface area contributed by atoms with Crippen LogP contribution in [0.3, 0.4) is 0 Å². The maximum Gasteiger partial charge on any atom is 0.192 e. The normalized spacial score (nSPS) is 16.0. The summed E-state index contributed by atoms with van der Waals surface area (Å²) in [6.07, 6.45) is 3.92. The van der Waals surface area contributed by atoms with Gasteiger partial charge in [0, 0.05) is 6.07 Å². The first kappa shape index (κ1) is 7.80. The van der Waals surface area contributed by atoms with Crippen LogP contribution in [0.5, 0.6) is 0 Å². The van der Waals surface area contributed by atoms with Gasteiger partial charge in [0.2, 0.25) is 0 Å². The zero-order valence-electron chi connectivity index (χ0n) is 7.69. The van der Waals surface area contributed by atoms with Crippen LogP contribution in [0.25, 0.3) is 11.0 Å². The minimum absolute atomic E-state index is 0.0498. The Bertz CT molecular complexity index is 535. The first-order valence-corrected chi connectivity index (χ1v) is 4.87. The minimum atomic E-state index is 0.0498. The number of benzene rings is 1. The third-order valence-corrected chi connectivity index (χ3v) is 2.73. The Balaban J connectivity index is 2.41. The molecule has 1 aromatic heterocycles. The van der Waals surface area contributed by atoms with Gasteiger partial charge in [0.15, 0.2) is 5.43 Å². The molecule has 2 heteroatoms. The highest BCUT2D eigenvalue weighted by molar-refractivity contribution is 5.80. The number of para-hydroxylation sites is 1. The summed E-state index contributed by atoms with van der Waals surface area (Å²) in [7, 11) is 0. The molecule has 2 aromatic rings. The number of rotatable bonds is 1. The molecule has 0 aliphatic heterocycles. The van der Waals surface area contributed by atoms with Crippen LogP contribution in [0, 0.1) is 0 Å². The Labute approximate surface area is 81.2 Å². The molecule has 2 nitrogen and oxygen atoms in total. The summed E-state index contributed by atoms with van der Waals surface area (Å²) in [6.45, 7) is 0. The molecule has 0 saturated heterocycles. The van der Waals surface area contributed by atoms with Crippen LogP contribution in [0.15, 0.2) is 39.7 Å². The molecule has 1 aliphatic rings. The molecule has 0 amide bonds. The topological polar surface area (TPSA) is 30.2 Å². The van der Waals surface area contributed by atoms with Gasteiger partial charge in [0.25, 0.3) is 0 Å². The Hall–Kier alpha value is -1.57. The molecule has 0 atom stereocenters. The van der Waals surface area contributed by atoms with Gasteiger partial charge < -0.3 is 4.42 Å². The first-order valence-electron chi connectivity index (χ1n) is 4.87. The second kappa shape index (κ2) is 2.71. The van der Waals surface area contributed by atoms with E-state index in [1.54, 1.807) is 0 Å². The fourth-order valence-electron chi connectivity index (χ4n) is 1.85. The quantitative estimate of drug-likeness (QED) is 0.685. The lowest BCUT2D eigenvalue weighted by atomic mass is 10.1. The van der Waals surface area contributed by atoms with E-state index in [-0.39, 0.29) is 5.43 Å². The highest BCUT2D eigenvalue weighted by atomic mass is 16.3. The number of hydrogen-bond acceptors (Lipinski definition) is 2. The van der Waals surface area contributed by atoms with Crippen molar-refractivity contribution < 1.29 is 4.42 Å². The van der Waals surface area contributed by atoms with Crippen molar-refractivity contribution in [3.63, 3.8) is 0 Å². The SMILES string of the molecule is O=c1ccoc2c(C3CC3)cccc12. The van der Waals surface area contributed by atoms with Crippen molar-refractivity contribution >= 4 is 11.0 Å².